The van der Waals surface area contributed by atoms with E-state index in [1.54, 1.807) is 12.3 Å². The van der Waals surface area contributed by atoms with Crippen LogP contribution in [0.4, 0.5) is 4.79 Å². The molecule has 0 radical (unpaired) electrons. The summed E-state index contributed by atoms with van der Waals surface area (Å²) in [5, 5.41) is 11.9. The Kier molecular flexibility index (Phi) is 4.86. The van der Waals surface area contributed by atoms with Crippen LogP contribution in [0.3, 0.4) is 0 Å². The van der Waals surface area contributed by atoms with Crippen molar-refractivity contribution < 1.29 is 14.7 Å². The SMILES string of the molecule is O=C(O)C1CCCCCN1C(=O)NCc1ccncn1. The highest BCUT2D eigenvalue weighted by Gasteiger charge is 2.30. The minimum Gasteiger partial charge on any atom is -0.480 e. The zero-order valence-corrected chi connectivity index (χ0v) is 11.2. The van der Waals surface area contributed by atoms with Crippen LogP contribution in [0.2, 0.25) is 0 Å². The van der Waals surface area contributed by atoms with Crippen LogP contribution < -0.4 is 5.32 Å². The van der Waals surface area contributed by atoms with Gasteiger partial charge in [-0.25, -0.2) is 19.6 Å². The number of hydrogen-bond acceptors (Lipinski definition) is 4. The van der Waals surface area contributed by atoms with E-state index in [4.69, 9.17) is 0 Å². The Hall–Kier alpha value is -2.18. The van der Waals surface area contributed by atoms with Crippen LogP contribution >= 0.6 is 0 Å². The topological polar surface area (TPSA) is 95.4 Å². The molecule has 108 valence electrons. The monoisotopic (exact) mass is 278 g/mol. The summed E-state index contributed by atoms with van der Waals surface area (Å²) >= 11 is 0. The molecule has 1 aromatic heterocycles. The molecular formula is C13H18N4O3. The molecule has 1 saturated heterocycles. The number of urea groups is 1. The number of nitrogens with zero attached hydrogens (tertiary/aromatic N) is 3. The first kappa shape index (κ1) is 14.2. The summed E-state index contributed by atoms with van der Waals surface area (Å²) in [6.45, 7) is 0.747. The maximum absolute atomic E-state index is 12.1. The quantitative estimate of drug-likeness (QED) is 0.860. The number of aromatic nitrogens is 2. The molecule has 0 saturated carbocycles. The van der Waals surface area contributed by atoms with Crippen LogP contribution in [-0.2, 0) is 11.3 Å². The van der Waals surface area contributed by atoms with Gasteiger partial charge in [-0.1, -0.05) is 12.8 Å². The molecule has 2 heterocycles. The van der Waals surface area contributed by atoms with Gasteiger partial charge in [-0.2, -0.15) is 0 Å². The smallest absolute Gasteiger partial charge is 0.326 e. The molecule has 2 rings (SSSR count). The fraction of sp³-hybridized carbons (Fsp3) is 0.538. The van der Waals surface area contributed by atoms with Gasteiger partial charge in [-0.05, 0) is 18.9 Å². The van der Waals surface area contributed by atoms with E-state index in [2.05, 4.69) is 15.3 Å². The number of rotatable bonds is 3. The van der Waals surface area contributed by atoms with Gasteiger partial charge in [-0.3, -0.25) is 0 Å². The summed E-state index contributed by atoms with van der Waals surface area (Å²) in [7, 11) is 0. The molecule has 0 aromatic carbocycles. The van der Waals surface area contributed by atoms with E-state index in [0.29, 0.717) is 18.7 Å². The first-order valence-electron chi connectivity index (χ1n) is 6.70. The van der Waals surface area contributed by atoms with Crippen LogP contribution in [-0.4, -0.2) is 44.6 Å². The van der Waals surface area contributed by atoms with E-state index in [-0.39, 0.29) is 12.6 Å². The summed E-state index contributed by atoms with van der Waals surface area (Å²) in [4.78, 5) is 32.6. The zero-order valence-electron chi connectivity index (χ0n) is 11.2. The van der Waals surface area contributed by atoms with E-state index in [1.807, 2.05) is 0 Å². The molecule has 1 aliphatic heterocycles. The van der Waals surface area contributed by atoms with Crippen molar-refractivity contribution in [2.24, 2.45) is 0 Å². The van der Waals surface area contributed by atoms with Crippen LogP contribution in [0.25, 0.3) is 0 Å². The molecule has 1 unspecified atom stereocenters. The van der Waals surface area contributed by atoms with Crippen molar-refractivity contribution >= 4 is 12.0 Å². The third-order valence-corrected chi connectivity index (χ3v) is 3.36. The summed E-state index contributed by atoms with van der Waals surface area (Å²) in [6.07, 6.45) is 6.15. The highest BCUT2D eigenvalue weighted by Crippen LogP contribution is 2.17. The van der Waals surface area contributed by atoms with Crippen molar-refractivity contribution in [3.63, 3.8) is 0 Å². The summed E-state index contributed by atoms with van der Waals surface area (Å²) in [5.74, 6) is -0.941. The number of carbonyl (C=O) groups excluding carboxylic acids is 1. The largest absolute Gasteiger partial charge is 0.480 e. The lowest BCUT2D eigenvalue weighted by Gasteiger charge is -2.27. The fourth-order valence-corrected chi connectivity index (χ4v) is 2.30. The number of carboxylic acids is 1. The molecule has 1 aliphatic rings. The van der Waals surface area contributed by atoms with Crippen molar-refractivity contribution in [3.8, 4) is 0 Å². The van der Waals surface area contributed by atoms with Crippen LogP contribution in [0.5, 0.6) is 0 Å². The lowest BCUT2D eigenvalue weighted by atomic mass is 10.1. The Bertz CT molecular complexity index is 466. The van der Waals surface area contributed by atoms with Crippen molar-refractivity contribution in [2.75, 3.05) is 6.54 Å². The van der Waals surface area contributed by atoms with Crippen LogP contribution in [0.15, 0.2) is 18.6 Å². The second-order valence-electron chi connectivity index (χ2n) is 4.76. The number of nitrogens with one attached hydrogen (secondary N) is 1. The number of hydrogen-bond donors (Lipinski definition) is 2. The van der Waals surface area contributed by atoms with Crippen molar-refractivity contribution in [3.05, 3.63) is 24.3 Å². The van der Waals surface area contributed by atoms with E-state index < -0.39 is 12.0 Å². The number of carboxylic acid groups (broad SMARTS) is 1. The average Bonchev–Trinajstić information content (AvgIpc) is 2.71. The lowest BCUT2D eigenvalue weighted by Crippen LogP contribution is -2.49. The first-order valence-corrected chi connectivity index (χ1v) is 6.70. The van der Waals surface area contributed by atoms with Gasteiger partial charge in [-0.15, -0.1) is 0 Å². The predicted molar refractivity (Wildman–Crippen MR) is 70.9 cm³/mol. The molecule has 2 amide bonds. The summed E-state index contributed by atoms with van der Waals surface area (Å²) in [5.41, 5.74) is 0.690. The Morgan fingerprint density at radius 1 is 1.40 bits per heavy atom. The molecule has 1 fully saturated rings. The second kappa shape index (κ2) is 6.83. The number of likely N-dealkylation sites (tertiary alicyclic amines) is 1. The third kappa shape index (κ3) is 3.66. The van der Waals surface area contributed by atoms with Crippen molar-refractivity contribution in [1.82, 2.24) is 20.2 Å². The number of aliphatic carboxylic acids is 1. The summed E-state index contributed by atoms with van der Waals surface area (Å²) < 4.78 is 0. The molecule has 1 atom stereocenters. The molecule has 7 nitrogen and oxygen atoms in total. The van der Waals surface area contributed by atoms with Gasteiger partial charge in [0, 0.05) is 12.7 Å². The maximum atomic E-state index is 12.1. The average molecular weight is 278 g/mol. The van der Waals surface area contributed by atoms with E-state index in [1.165, 1.54) is 11.2 Å². The number of carbonyl (C=O) groups is 2. The minimum atomic E-state index is -0.941. The predicted octanol–water partition coefficient (Wildman–Crippen LogP) is 1.02. The molecule has 1 aromatic rings. The minimum absolute atomic E-state index is 0.268. The van der Waals surface area contributed by atoms with Gasteiger partial charge < -0.3 is 15.3 Å². The molecular weight excluding hydrogens is 260 g/mol. The molecule has 7 heteroatoms. The Labute approximate surface area is 117 Å². The molecule has 0 bridgehead atoms. The van der Waals surface area contributed by atoms with E-state index in [0.717, 1.165) is 19.3 Å². The Morgan fingerprint density at radius 3 is 2.95 bits per heavy atom. The van der Waals surface area contributed by atoms with Gasteiger partial charge in [0.1, 0.15) is 12.4 Å². The van der Waals surface area contributed by atoms with Gasteiger partial charge in [0.05, 0.1) is 12.2 Å². The van der Waals surface area contributed by atoms with Gasteiger partial charge in [0.2, 0.25) is 0 Å². The van der Waals surface area contributed by atoms with Gasteiger partial charge >= 0.3 is 12.0 Å². The summed E-state index contributed by atoms with van der Waals surface area (Å²) in [6, 6.07) is 0.623. The first-order chi connectivity index (χ1) is 9.68. The van der Waals surface area contributed by atoms with Crippen molar-refractivity contribution in [2.45, 2.75) is 38.3 Å². The lowest BCUT2D eigenvalue weighted by molar-refractivity contribution is -0.142. The van der Waals surface area contributed by atoms with Crippen molar-refractivity contribution in [1.29, 1.82) is 0 Å². The fourth-order valence-electron chi connectivity index (χ4n) is 2.30. The molecule has 2 N–H and O–H groups in total. The maximum Gasteiger partial charge on any atom is 0.326 e. The zero-order chi connectivity index (χ0) is 14.4. The van der Waals surface area contributed by atoms with E-state index in [9.17, 15) is 14.7 Å². The van der Waals surface area contributed by atoms with Crippen LogP contribution in [0.1, 0.15) is 31.4 Å². The number of amides is 2. The Balaban J connectivity index is 1.96. The molecule has 20 heavy (non-hydrogen) atoms. The Morgan fingerprint density at radius 2 is 2.25 bits per heavy atom. The van der Waals surface area contributed by atoms with Gasteiger partial charge in [0.15, 0.2) is 0 Å². The highest BCUT2D eigenvalue weighted by atomic mass is 16.4. The van der Waals surface area contributed by atoms with Crippen LogP contribution in [0, 0.1) is 0 Å². The standard InChI is InChI=1S/C13H18N4O3/c18-12(19)11-4-2-1-3-7-17(11)13(20)15-8-10-5-6-14-9-16-10/h5-6,9,11H,1-4,7-8H2,(H,15,20)(H,18,19). The van der Waals surface area contributed by atoms with E-state index >= 15 is 0 Å². The normalized spacial score (nSPS) is 19.2. The molecule has 0 spiro atoms. The highest BCUT2D eigenvalue weighted by molar-refractivity contribution is 5.82. The third-order valence-electron chi connectivity index (χ3n) is 3.36. The van der Waals surface area contributed by atoms with Gasteiger partial charge in [0.25, 0.3) is 0 Å². The second-order valence-corrected chi connectivity index (χ2v) is 4.76. The molecule has 0 aliphatic carbocycles.